The van der Waals surface area contributed by atoms with Gasteiger partial charge in [0.05, 0.1) is 12.2 Å². The van der Waals surface area contributed by atoms with Gasteiger partial charge in [0.25, 0.3) is 5.91 Å². The van der Waals surface area contributed by atoms with Gasteiger partial charge in [0, 0.05) is 31.4 Å². The van der Waals surface area contributed by atoms with Gasteiger partial charge in [-0.15, -0.1) is 0 Å². The van der Waals surface area contributed by atoms with E-state index in [-0.39, 0.29) is 5.91 Å². The minimum absolute atomic E-state index is 0.0169. The molecule has 0 saturated carbocycles. The topological polar surface area (TPSA) is 66.8 Å². The van der Waals surface area contributed by atoms with Crippen molar-refractivity contribution < 1.29 is 4.79 Å². The zero-order valence-corrected chi connectivity index (χ0v) is 15.1. The van der Waals surface area contributed by atoms with Gasteiger partial charge in [0.15, 0.2) is 0 Å². The van der Waals surface area contributed by atoms with Crippen LogP contribution in [0.1, 0.15) is 52.9 Å². The van der Waals surface area contributed by atoms with E-state index in [0.717, 1.165) is 24.5 Å². The van der Waals surface area contributed by atoms with Crippen molar-refractivity contribution in [3.05, 3.63) is 71.1 Å². The average Bonchev–Trinajstić information content (AvgIpc) is 3.30. The van der Waals surface area contributed by atoms with Gasteiger partial charge in [-0.3, -0.25) is 9.89 Å². The van der Waals surface area contributed by atoms with Crippen molar-refractivity contribution in [2.75, 3.05) is 6.54 Å². The maximum Gasteiger partial charge on any atom is 0.274 e. The molecule has 1 N–H and O–H groups in total. The van der Waals surface area contributed by atoms with E-state index in [4.69, 9.17) is 0 Å². The van der Waals surface area contributed by atoms with Crippen LogP contribution in [0.2, 0.25) is 0 Å². The number of rotatable bonds is 4. The van der Waals surface area contributed by atoms with Crippen LogP contribution in [0.15, 0.2) is 42.7 Å². The summed E-state index contributed by atoms with van der Waals surface area (Å²) in [6, 6.07) is 10.2. The van der Waals surface area contributed by atoms with Gasteiger partial charge >= 0.3 is 0 Å². The van der Waals surface area contributed by atoms with Crippen molar-refractivity contribution in [1.82, 2.24) is 24.6 Å². The van der Waals surface area contributed by atoms with Crippen LogP contribution in [-0.4, -0.2) is 37.1 Å². The summed E-state index contributed by atoms with van der Waals surface area (Å²) >= 11 is 0. The molecule has 1 aromatic carbocycles. The lowest BCUT2D eigenvalue weighted by atomic mass is 10.00. The fraction of sp³-hybridized carbons (Fsp3) is 0.350. The molecule has 3 heterocycles. The molecule has 0 aliphatic carbocycles. The Hall–Kier alpha value is -2.89. The molecule has 0 spiro atoms. The summed E-state index contributed by atoms with van der Waals surface area (Å²) in [7, 11) is 0. The van der Waals surface area contributed by atoms with E-state index in [2.05, 4.69) is 51.8 Å². The number of aromatic amines is 1. The van der Waals surface area contributed by atoms with Crippen molar-refractivity contribution in [3.63, 3.8) is 0 Å². The molecule has 0 fully saturated rings. The molecule has 0 saturated heterocycles. The number of hydrogen-bond acceptors (Lipinski definition) is 3. The summed E-state index contributed by atoms with van der Waals surface area (Å²) in [6.07, 6.45) is 4.66. The first kappa shape index (κ1) is 16.6. The molecule has 1 aliphatic rings. The Labute approximate surface area is 152 Å². The molecule has 2 aromatic heterocycles. The summed E-state index contributed by atoms with van der Waals surface area (Å²) in [5.41, 5.74) is 3.94. The van der Waals surface area contributed by atoms with Crippen LogP contribution in [-0.2, 0) is 19.5 Å². The van der Waals surface area contributed by atoms with Gasteiger partial charge in [-0.25, -0.2) is 4.98 Å². The Morgan fingerprint density at radius 1 is 1.27 bits per heavy atom. The first-order valence-corrected chi connectivity index (χ1v) is 9.03. The Morgan fingerprint density at radius 2 is 2.08 bits per heavy atom. The number of imidazole rings is 1. The number of carbonyl (C=O) groups excluding carboxylic acids is 1. The van der Waals surface area contributed by atoms with Crippen LogP contribution in [0, 0.1) is 0 Å². The number of nitrogens with one attached hydrogen (secondary N) is 1. The second-order valence-electron chi connectivity index (χ2n) is 7.09. The standard InChI is InChI=1S/C20H23N5O/c1-14(2)19-21-8-10-24(19)13-17-11-18(23-22-17)20(26)25-9-7-15-5-3-4-6-16(15)12-25/h3-6,8,10-11,14H,7,9,12-13H2,1-2H3,(H,22,23). The van der Waals surface area contributed by atoms with Crippen molar-refractivity contribution in [2.45, 2.75) is 39.3 Å². The highest BCUT2D eigenvalue weighted by Gasteiger charge is 2.23. The molecule has 1 aliphatic heterocycles. The van der Waals surface area contributed by atoms with E-state index in [1.165, 1.54) is 11.1 Å². The van der Waals surface area contributed by atoms with E-state index >= 15 is 0 Å². The van der Waals surface area contributed by atoms with E-state index in [9.17, 15) is 4.79 Å². The third-order valence-electron chi connectivity index (χ3n) is 4.87. The van der Waals surface area contributed by atoms with Gasteiger partial charge in [0.1, 0.15) is 11.5 Å². The Balaban J connectivity index is 1.48. The monoisotopic (exact) mass is 349 g/mol. The molecule has 0 atom stereocenters. The number of nitrogens with zero attached hydrogens (tertiary/aromatic N) is 4. The lowest BCUT2D eigenvalue weighted by molar-refractivity contribution is 0.0728. The Kier molecular flexibility index (Phi) is 4.32. The van der Waals surface area contributed by atoms with Gasteiger partial charge in [-0.05, 0) is 23.6 Å². The normalized spacial score (nSPS) is 13.9. The molecule has 6 nitrogen and oxygen atoms in total. The maximum atomic E-state index is 12.8. The van der Waals surface area contributed by atoms with E-state index in [1.54, 1.807) is 0 Å². The number of H-pyrrole nitrogens is 1. The smallest absolute Gasteiger partial charge is 0.274 e. The molecule has 4 rings (SSSR count). The average molecular weight is 349 g/mol. The van der Waals surface area contributed by atoms with Gasteiger partial charge in [-0.2, -0.15) is 5.10 Å². The van der Waals surface area contributed by atoms with Crippen molar-refractivity contribution in [3.8, 4) is 0 Å². The van der Waals surface area contributed by atoms with Crippen LogP contribution in [0.4, 0.5) is 0 Å². The van der Waals surface area contributed by atoms with E-state index < -0.39 is 0 Å². The highest BCUT2D eigenvalue weighted by atomic mass is 16.2. The maximum absolute atomic E-state index is 12.8. The van der Waals surface area contributed by atoms with Gasteiger partial charge in [0.2, 0.25) is 0 Å². The Morgan fingerprint density at radius 3 is 2.88 bits per heavy atom. The van der Waals surface area contributed by atoms with Crippen LogP contribution < -0.4 is 0 Å². The number of benzene rings is 1. The van der Waals surface area contributed by atoms with Gasteiger partial charge in [-0.1, -0.05) is 38.1 Å². The minimum Gasteiger partial charge on any atom is -0.333 e. The fourth-order valence-corrected chi connectivity index (χ4v) is 3.52. The third-order valence-corrected chi connectivity index (χ3v) is 4.87. The van der Waals surface area contributed by atoms with E-state index in [0.29, 0.717) is 24.7 Å². The summed E-state index contributed by atoms with van der Waals surface area (Å²) in [5, 5.41) is 7.26. The SMILES string of the molecule is CC(C)c1nccn1Cc1cc(C(=O)N2CCc3ccccc3C2)n[nH]1. The summed E-state index contributed by atoms with van der Waals surface area (Å²) < 4.78 is 2.09. The number of fused-ring (bicyclic) bond motifs is 1. The highest BCUT2D eigenvalue weighted by Crippen LogP contribution is 2.20. The highest BCUT2D eigenvalue weighted by molar-refractivity contribution is 5.92. The zero-order chi connectivity index (χ0) is 18.1. The van der Waals surface area contributed by atoms with Crippen molar-refractivity contribution in [2.24, 2.45) is 0 Å². The molecular weight excluding hydrogens is 326 g/mol. The first-order chi connectivity index (χ1) is 12.6. The Bertz CT molecular complexity index is 924. The number of aromatic nitrogens is 4. The number of amides is 1. The minimum atomic E-state index is -0.0169. The lowest BCUT2D eigenvalue weighted by Crippen LogP contribution is -2.36. The van der Waals surface area contributed by atoms with Crippen LogP contribution in [0.5, 0.6) is 0 Å². The van der Waals surface area contributed by atoms with Crippen molar-refractivity contribution >= 4 is 5.91 Å². The summed E-state index contributed by atoms with van der Waals surface area (Å²) in [4.78, 5) is 19.1. The van der Waals surface area contributed by atoms with Crippen LogP contribution in [0.25, 0.3) is 0 Å². The van der Waals surface area contributed by atoms with Crippen molar-refractivity contribution in [1.29, 1.82) is 0 Å². The second-order valence-corrected chi connectivity index (χ2v) is 7.09. The van der Waals surface area contributed by atoms with E-state index in [1.807, 2.05) is 29.4 Å². The molecule has 1 amide bonds. The number of carbonyl (C=O) groups is 1. The molecule has 134 valence electrons. The number of hydrogen-bond donors (Lipinski definition) is 1. The summed E-state index contributed by atoms with van der Waals surface area (Å²) in [6.45, 7) is 6.26. The first-order valence-electron chi connectivity index (χ1n) is 9.03. The molecule has 0 radical (unpaired) electrons. The second kappa shape index (κ2) is 6.78. The molecule has 0 unspecified atom stereocenters. The zero-order valence-electron chi connectivity index (χ0n) is 15.1. The molecular formula is C20H23N5O. The van der Waals surface area contributed by atoms with Crippen LogP contribution in [0.3, 0.4) is 0 Å². The van der Waals surface area contributed by atoms with Gasteiger partial charge < -0.3 is 9.47 Å². The third kappa shape index (κ3) is 3.14. The predicted octanol–water partition coefficient (Wildman–Crippen LogP) is 2.98. The predicted molar refractivity (Wildman–Crippen MR) is 98.9 cm³/mol. The molecule has 6 heteroatoms. The molecule has 3 aromatic rings. The largest absolute Gasteiger partial charge is 0.333 e. The van der Waals surface area contributed by atoms with Crippen LogP contribution >= 0.6 is 0 Å². The fourth-order valence-electron chi connectivity index (χ4n) is 3.52. The summed E-state index contributed by atoms with van der Waals surface area (Å²) in [5.74, 6) is 1.36. The molecule has 0 bridgehead atoms. The molecule has 26 heavy (non-hydrogen) atoms. The quantitative estimate of drug-likeness (QED) is 0.787. The lowest BCUT2D eigenvalue weighted by Gasteiger charge is -2.28.